The highest BCUT2D eigenvalue weighted by atomic mass is 32.1. The molecule has 1 rings (SSSR count). The Kier molecular flexibility index (Phi) is 5.62. The summed E-state index contributed by atoms with van der Waals surface area (Å²) >= 11 is 4.76. The number of hydrogen-bond donors (Lipinski definition) is 1. The third-order valence-electron chi connectivity index (χ3n) is 2.70. The molecule has 2 N–H and O–H groups in total. The quantitative estimate of drug-likeness (QED) is 0.747. The number of carbonyl (C=O) groups excluding carboxylic acids is 1. The van der Waals surface area contributed by atoms with Gasteiger partial charge in [0.15, 0.2) is 0 Å². The topological polar surface area (TPSA) is 81.2 Å². The number of nitrogens with zero attached hydrogens (tertiary/aromatic N) is 3. The molecule has 0 radical (unpaired) electrons. The van der Waals surface area contributed by atoms with E-state index in [1.807, 2.05) is 0 Å². The average molecular weight is 282 g/mol. The fourth-order valence-corrected chi connectivity index (χ4v) is 1.59. The van der Waals surface area contributed by atoms with Crippen LogP contribution in [0.4, 0.5) is 0 Å². The Morgan fingerprint density at radius 2 is 2.21 bits per heavy atom. The smallest absolute Gasteiger partial charge is 0.253 e. The van der Waals surface area contributed by atoms with E-state index in [1.165, 1.54) is 17.0 Å². The summed E-state index contributed by atoms with van der Waals surface area (Å²) in [5.41, 5.74) is 5.90. The fourth-order valence-electron chi connectivity index (χ4n) is 1.49. The summed E-state index contributed by atoms with van der Waals surface area (Å²) in [5.74, 6) is -0.0521. The van der Waals surface area contributed by atoms with E-state index in [0.29, 0.717) is 30.2 Å². The fraction of sp³-hybridized carbons (Fsp3) is 0.500. The van der Waals surface area contributed by atoms with Crippen molar-refractivity contribution in [2.45, 2.75) is 26.3 Å². The number of nitrogens with two attached hydrogens (primary N) is 1. The van der Waals surface area contributed by atoms with Gasteiger partial charge in [-0.25, -0.2) is 4.98 Å². The SMILES string of the molecule is Cc1cc(=O)n(CCC(=O)N(C)CCC(N)=S)cn1. The normalized spacial score (nSPS) is 10.2. The molecule has 0 atom stereocenters. The molecule has 0 aliphatic heterocycles. The maximum absolute atomic E-state index is 11.8. The lowest BCUT2D eigenvalue weighted by Crippen LogP contribution is -2.31. The van der Waals surface area contributed by atoms with Gasteiger partial charge in [-0.05, 0) is 6.92 Å². The van der Waals surface area contributed by atoms with Crippen LogP contribution in [-0.4, -0.2) is 38.9 Å². The van der Waals surface area contributed by atoms with Gasteiger partial charge in [-0.1, -0.05) is 12.2 Å². The Morgan fingerprint density at radius 1 is 1.53 bits per heavy atom. The Balaban J connectivity index is 2.49. The first kappa shape index (κ1) is 15.3. The summed E-state index contributed by atoms with van der Waals surface area (Å²) in [6.45, 7) is 2.57. The number of aryl methyl sites for hydroxylation is 2. The zero-order valence-corrected chi connectivity index (χ0v) is 11.9. The number of aromatic nitrogens is 2. The van der Waals surface area contributed by atoms with Crippen molar-refractivity contribution in [2.24, 2.45) is 5.73 Å². The van der Waals surface area contributed by atoms with Crippen LogP contribution in [-0.2, 0) is 11.3 Å². The van der Waals surface area contributed by atoms with Gasteiger partial charge in [0, 0.05) is 44.7 Å². The molecule has 0 aliphatic rings. The van der Waals surface area contributed by atoms with Gasteiger partial charge in [0.05, 0.1) is 11.3 Å². The van der Waals surface area contributed by atoms with Crippen LogP contribution in [0.3, 0.4) is 0 Å². The first-order valence-corrected chi connectivity index (χ1v) is 6.36. The first-order valence-electron chi connectivity index (χ1n) is 5.95. The van der Waals surface area contributed by atoms with Crippen LogP contribution >= 0.6 is 12.2 Å². The predicted molar refractivity (Wildman–Crippen MR) is 76.9 cm³/mol. The first-order chi connectivity index (χ1) is 8.90. The second-order valence-electron chi connectivity index (χ2n) is 4.34. The van der Waals surface area contributed by atoms with Crippen molar-refractivity contribution in [1.29, 1.82) is 0 Å². The van der Waals surface area contributed by atoms with E-state index in [9.17, 15) is 9.59 Å². The summed E-state index contributed by atoms with van der Waals surface area (Å²) in [5, 5.41) is 0. The third kappa shape index (κ3) is 5.17. The summed E-state index contributed by atoms with van der Waals surface area (Å²) < 4.78 is 1.42. The molecule has 19 heavy (non-hydrogen) atoms. The molecule has 104 valence electrons. The largest absolute Gasteiger partial charge is 0.393 e. The highest BCUT2D eigenvalue weighted by molar-refractivity contribution is 7.80. The second-order valence-corrected chi connectivity index (χ2v) is 4.87. The zero-order chi connectivity index (χ0) is 14.4. The number of amides is 1. The minimum atomic E-state index is -0.147. The van der Waals surface area contributed by atoms with E-state index in [2.05, 4.69) is 4.98 Å². The van der Waals surface area contributed by atoms with E-state index < -0.39 is 0 Å². The number of rotatable bonds is 6. The van der Waals surface area contributed by atoms with Crippen molar-refractivity contribution in [3.8, 4) is 0 Å². The third-order valence-corrected chi connectivity index (χ3v) is 2.91. The van der Waals surface area contributed by atoms with Gasteiger partial charge >= 0.3 is 0 Å². The van der Waals surface area contributed by atoms with Crippen molar-refractivity contribution in [2.75, 3.05) is 13.6 Å². The Labute approximate surface area is 117 Å². The molecule has 7 heteroatoms. The maximum Gasteiger partial charge on any atom is 0.253 e. The molecule has 0 unspecified atom stereocenters. The van der Waals surface area contributed by atoms with E-state index in [0.717, 1.165) is 0 Å². The van der Waals surface area contributed by atoms with Gasteiger partial charge in [-0.2, -0.15) is 0 Å². The number of thiocarbonyl (C=S) groups is 1. The minimum absolute atomic E-state index is 0.0521. The number of carbonyl (C=O) groups is 1. The van der Waals surface area contributed by atoms with Crippen LogP contribution in [0.2, 0.25) is 0 Å². The summed E-state index contributed by atoms with van der Waals surface area (Å²) in [7, 11) is 1.69. The second kappa shape index (κ2) is 6.98. The van der Waals surface area contributed by atoms with Crippen molar-refractivity contribution in [3.05, 3.63) is 28.4 Å². The van der Waals surface area contributed by atoms with Crippen LogP contribution in [0.1, 0.15) is 18.5 Å². The standard InChI is InChI=1S/C12H18N4O2S/c1-9-7-12(18)16(8-14-9)6-4-11(17)15(2)5-3-10(13)19/h7-8H,3-6H2,1-2H3,(H2,13,19). The van der Waals surface area contributed by atoms with Gasteiger partial charge in [-0.3, -0.25) is 14.2 Å². The van der Waals surface area contributed by atoms with E-state index in [-0.39, 0.29) is 17.9 Å². The Bertz CT molecular complexity index is 527. The van der Waals surface area contributed by atoms with Crippen LogP contribution < -0.4 is 11.3 Å². The van der Waals surface area contributed by atoms with Gasteiger partial charge in [0.1, 0.15) is 0 Å². The number of hydrogen-bond acceptors (Lipinski definition) is 4. The minimum Gasteiger partial charge on any atom is -0.393 e. The predicted octanol–water partition coefficient (Wildman–Crippen LogP) is 0.0764. The van der Waals surface area contributed by atoms with Crippen molar-refractivity contribution in [3.63, 3.8) is 0 Å². The van der Waals surface area contributed by atoms with Crippen molar-refractivity contribution in [1.82, 2.24) is 14.5 Å². The summed E-state index contributed by atoms with van der Waals surface area (Å²) in [6.07, 6.45) is 2.21. The zero-order valence-electron chi connectivity index (χ0n) is 11.1. The molecule has 0 aromatic carbocycles. The van der Waals surface area contributed by atoms with Gasteiger partial charge in [0.2, 0.25) is 5.91 Å². The van der Waals surface area contributed by atoms with E-state index in [1.54, 1.807) is 18.9 Å². The average Bonchev–Trinajstić information content (AvgIpc) is 2.34. The van der Waals surface area contributed by atoms with Gasteiger partial charge in [0.25, 0.3) is 5.56 Å². The molecule has 1 amide bonds. The van der Waals surface area contributed by atoms with Crippen LogP contribution in [0.25, 0.3) is 0 Å². The van der Waals surface area contributed by atoms with Crippen LogP contribution in [0.15, 0.2) is 17.2 Å². The lowest BCUT2D eigenvalue weighted by atomic mass is 10.3. The highest BCUT2D eigenvalue weighted by Gasteiger charge is 2.09. The molecular weight excluding hydrogens is 264 g/mol. The summed E-state index contributed by atoms with van der Waals surface area (Å²) in [6, 6.07) is 1.45. The van der Waals surface area contributed by atoms with Crippen molar-refractivity contribution >= 4 is 23.1 Å². The molecule has 0 aliphatic carbocycles. The van der Waals surface area contributed by atoms with Crippen LogP contribution in [0.5, 0.6) is 0 Å². The molecule has 0 fully saturated rings. The molecule has 6 nitrogen and oxygen atoms in total. The lowest BCUT2D eigenvalue weighted by Gasteiger charge is -2.16. The molecule has 0 saturated carbocycles. The Hall–Kier alpha value is -1.76. The summed E-state index contributed by atoms with van der Waals surface area (Å²) in [4.78, 5) is 29.4. The molecule has 0 saturated heterocycles. The molecule has 1 aromatic heterocycles. The van der Waals surface area contributed by atoms with E-state index >= 15 is 0 Å². The highest BCUT2D eigenvalue weighted by Crippen LogP contribution is 1.96. The monoisotopic (exact) mass is 282 g/mol. The van der Waals surface area contributed by atoms with Gasteiger partial charge in [-0.15, -0.1) is 0 Å². The molecular formula is C12H18N4O2S. The molecule has 1 aromatic rings. The Morgan fingerprint density at radius 3 is 2.79 bits per heavy atom. The van der Waals surface area contributed by atoms with Crippen LogP contribution in [0, 0.1) is 6.92 Å². The maximum atomic E-state index is 11.8. The molecule has 1 heterocycles. The molecule has 0 bridgehead atoms. The van der Waals surface area contributed by atoms with E-state index in [4.69, 9.17) is 18.0 Å². The molecule has 0 spiro atoms. The lowest BCUT2D eigenvalue weighted by molar-refractivity contribution is -0.130. The van der Waals surface area contributed by atoms with Crippen molar-refractivity contribution < 1.29 is 4.79 Å². The van der Waals surface area contributed by atoms with Gasteiger partial charge < -0.3 is 10.6 Å².